The van der Waals surface area contributed by atoms with E-state index in [1.807, 2.05) is 18.3 Å². The number of ether oxygens (including phenoxy) is 1. The highest BCUT2D eigenvalue weighted by molar-refractivity contribution is 5.75. The van der Waals surface area contributed by atoms with Gasteiger partial charge in [0.15, 0.2) is 0 Å². The van der Waals surface area contributed by atoms with Gasteiger partial charge in [-0.25, -0.2) is 9.97 Å². The Bertz CT molecular complexity index is 817. The van der Waals surface area contributed by atoms with Crippen LogP contribution < -0.4 is 4.74 Å². The number of rotatable bonds is 4. The van der Waals surface area contributed by atoms with Gasteiger partial charge < -0.3 is 9.30 Å². The monoisotopic (exact) mass is 321 g/mol. The molecule has 1 aliphatic rings. The average Bonchev–Trinajstić information content (AvgIpc) is 3.05. The summed E-state index contributed by atoms with van der Waals surface area (Å²) in [5, 5.41) is 1.11. The third-order valence-corrected chi connectivity index (χ3v) is 5.00. The van der Waals surface area contributed by atoms with Gasteiger partial charge in [0.05, 0.1) is 7.11 Å². The number of hydrogen-bond donors (Lipinski definition) is 0. The van der Waals surface area contributed by atoms with E-state index in [1.54, 1.807) is 7.11 Å². The summed E-state index contributed by atoms with van der Waals surface area (Å²) < 4.78 is 7.44. The van der Waals surface area contributed by atoms with Gasteiger partial charge in [0, 0.05) is 30.2 Å². The molecule has 1 fully saturated rings. The Labute approximate surface area is 142 Å². The normalized spacial score (nSPS) is 15.7. The second-order valence-corrected chi connectivity index (χ2v) is 6.63. The molecule has 4 nitrogen and oxygen atoms in total. The van der Waals surface area contributed by atoms with Gasteiger partial charge >= 0.3 is 0 Å². The summed E-state index contributed by atoms with van der Waals surface area (Å²) in [6, 6.07) is 10.3. The van der Waals surface area contributed by atoms with E-state index in [0.717, 1.165) is 29.2 Å². The first-order valence-corrected chi connectivity index (χ1v) is 8.78. The van der Waals surface area contributed by atoms with E-state index in [9.17, 15) is 0 Å². The molecule has 0 bridgehead atoms. The van der Waals surface area contributed by atoms with E-state index >= 15 is 0 Å². The minimum Gasteiger partial charge on any atom is -0.497 e. The van der Waals surface area contributed by atoms with Crippen molar-refractivity contribution in [3.8, 4) is 5.75 Å². The average molecular weight is 321 g/mol. The largest absolute Gasteiger partial charge is 0.497 e. The van der Waals surface area contributed by atoms with E-state index < -0.39 is 0 Å². The van der Waals surface area contributed by atoms with Gasteiger partial charge in [-0.3, -0.25) is 0 Å². The summed E-state index contributed by atoms with van der Waals surface area (Å²) in [6.45, 7) is 0.814. The lowest BCUT2D eigenvalue weighted by molar-refractivity contribution is 0.414. The Kier molecular flexibility index (Phi) is 4.20. The van der Waals surface area contributed by atoms with Gasteiger partial charge in [-0.05, 0) is 36.6 Å². The molecule has 0 N–H and O–H groups in total. The Hall–Kier alpha value is -2.36. The van der Waals surface area contributed by atoms with Crippen LogP contribution in [0.15, 0.2) is 42.7 Å². The molecule has 0 radical (unpaired) electrons. The maximum absolute atomic E-state index is 5.23. The summed E-state index contributed by atoms with van der Waals surface area (Å²) in [5.74, 6) is 2.45. The maximum atomic E-state index is 5.23. The van der Waals surface area contributed by atoms with Crippen LogP contribution in [0.4, 0.5) is 0 Å². The van der Waals surface area contributed by atoms with Crippen LogP contribution >= 0.6 is 0 Å². The lowest BCUT2D eigenvalue weighted by Crippen LogP contribution is -2.09. The SMILES string of the molecule is COc1ccc(Cn2ccc3cnc(C4CCCCC4)nc32)cc1. The molecular weight excluding hydrogens is 298 g/mol. The third-order valence-electron chi connectivity index (χ3n) is 5.00. The van der Waals surface area contributed by atoms with Crippen LogP contribution in [-0.2, 0) is 6.54 Å². The van der Waals surface area contributed by atoms with Crippen molar-refractivity contribution in [2.24, 2.45) is 0 Å². The molecule has 0 aliphatic heterocycles. The zero-order valence-electron chi connectivity index (χ0n) is 14.1. The van der Waals surface area contributed by atoms with Crippen molar-refractivity contribution in [2.75, 3.05) is 7.11 Å². The van der Waals surface area contributed by atoms with Crippen LogP contribution in [0.3, 0.4) is 0 Å². The summed E-state index contributed by atoms with van der Waals surface area (Å²) in [6.07, 6.45) is 10.5. The molecule has 4 heteroatoms. The van der Waals surface area contributed by atoms with Gasteiger partial charge in [0.1, 0.15) is 17.2 Å². The minimum atomic E-state index is 0.535. The predicted molar refractivity (Wildman–Crippen MR) is 95.5 cm³/mol. The minimum absolute atomic E-state index is 0.535. The molecule has 0 spiro atoms. The number of hydrogen-bond acceptors (Lipinski definition) is 3. The van der Waals surface area contributed by atoms with Crippen molar-refractivity contribution in [3.05, 3.63) is 54.1 Å². The van der Waals surface area contributed by atoms with Crippen LogP contribution in [0, 0.1) is 0 Å². The fraction of sp³-hybridized carbons (Fsp3) is 0.400. The number of nitrogens with zero attached hydrogens (tertiary/aromatic N) is 3. The van der Waals surface area contributed by atoms with Gasteiger partial charge in [-0.15, -0.1) is 0 Å². The number of aromatic nitrogens is 3. The van der Waals surface area contributed by atoms with Crippen LogP contribution in [-0.4, -0.2) is 21.6 Å². The Balaban J connectivity index is 1.62. The molecule has 1 saturated carbocycles. The molecule has 0 unspecified atom stereocenters. The van der Waals surface area contributed by atoms with Crippen LogP contribution in [0.5, 0.6) is 5.75 Å². The zero-order valence-corrected chi connectivity index (χ0v) is 14.1. The Morgan fingerprint density at radius 2 is 1.88 bits per heavy atom. The van der Waals surface area contributed by atoms with E-state index in [4.69, 9.17) is 9.72 Å². The lowest BCUT2D eigenvalue weighted by Gasteiger charge is -2.20. The highest BCUT2D eigenvalue weighted by Crippen LogP contribution is 2.31. The van der Waals surface area contributed by atoms with E-state index in [0.29, 0.717) is 5.92 Å². The Morgan fingerprint density at radius 3 is 2.62 bits per heavy atom. The fourth-order valence-electron chi connectivity index (χ4n) is 3.60. The standard InChI is InChI=1S/C20H23N3O/c1-24-18-9-7-15(8-10-18)14-23-12-11-17-13-21-19(22-20(17)23)16-5-3-2-4-6-16/h7-13,16H,2-6,14H2,1H3. The van der Waals surface area contributed by atoms with Crippen molar-refractivity contribution in [1.29, 1.82) is 0 Å². The van der Waals surface area contributed by atoms with Gasteiger partial charge in [0.25, 0.3) is 0 Å². The Morgan fingerprint density at radius 1 is 1.08 bits per heavy atom. The predicted octanol–water partition coefficient (Wildman–Crippen LogP) is 4.54. The van der Waals surface area contributed by atoms with Crippen LogP contribution in [0.2, 0.25) is 0 Å². The second kappa shape index (κ2) is 6.63. The molecule has 4 rings (SSSR count). The number of fused-ring (bicyclic) bond motifs is 1. The molecule has 1 aromatic carbocycles. The second-order valence-electron chi connectivity index (χ2n) is 6.63. The summed E-state index contributed by atoms with van der Waals surface area (Å²) in [7, 11) is 1.69. The first-order valence-electron chi connectivity index (χ1n) is 8.78. The molecule has 2 heterocycles. The van der Waals surface area contributed by atoms with Gasteiger partial charge in [-0.1, -0.05) is 31.4 Å². The number of methoxy groups -OCH3 is 1. The first kappa shape index (κ1) is 15.2. The molecule has 0 amide bonds. The highest BCUT2D eigenvalue weighted by Gasteiger charge is 2.19. The van der Waals surface area contributed by atoms with E-state index in [1.165, 1.54) is 37.7 Å². The van der Waals surface area contributed by atoms with Crippen LogP contribution in [0.1, 0.15) is 49.4 Å². The zero-order chi connectivity index (χ0) is 16.4. The quantitative estimate of drug-likeness (QED) is 0.708. The van der Waals surface area contributed by atoms with Crippen molar-refractivity contribution in [1.82, 2.24) is 14.5 Å². The third kappa shape index (κ3) is 3.01. The molecule has 124 valence electrons. The molecular formula is C20H23N3O. The van der Waals surface area contributed by atoms with Crippen molar-refractivity contribution >= 4 is 11.0 Å². The molecule has 0 saturated heterocycles. The molecule has 0 atom stereocenters. The lowest BCUT2D eigenvalue weighted by atomic mass is 9.89. The smallest absolute Gasteiger partial charge is 0.143 e. The van der Waals surface area contributed by atoms with Gasteiger partial charge in [0.2, 0.25) is 0 Å². The molecule has 3 aromatic rings. The molecule has 2 aromatic heterocycles. The van der Waals surface area contributed by atoms with Crippen molar-refractivity contribution in [3.63, 3.8) is 0 Å². The van der Waals surface area contributed by atoms with Crippen molar-refractivity contribution < 1.29 is 4.74 Å². The summed E-state index contributed by atoms with van der Waals surface area (Å²) in [4.78, 5) is 9.55. The molecule has 24 heavy (non-hydrogen) atoms. The van der Waals surface area contributed by atoms with Gasteiger partial charge in [-0.2, -0.15) is 0 Å². The maximum Gasteiger partial charge on any atom is 0.143 e. The summed E-state index contributed by atoms with van der Waals surface area (Å²) >= 11 is 0. The van der Waals surface area contributed by atoms with E-state index in [-0.39, 0.29) is 0 Å². The number of benzene rings is 1. The van der Waals surface area contributed by atoms with Crippen molar-refractivity contribution in [2.45, 2.75) is 44.6 Å². The van der Waals surface area contributed by atoms with Crippen LogP contribution in [0.25, 0.3) is 11.0 Å². The highest BCUT2D eigenvalue weighted by atomic mass is 16.5. The topological polar surface area (TPSA) is 39.9 Å². The summed E-state index contributed by atoms with van der Waals surface area (Å²) in [5.41, 5.74) is 2.28. The first-order chi connectivity index (χ1) is 11.8. The fourth-order valence-corrected chi connectivity index (χ4v) is 3.60. The van der Waals surface area contributed by atoms with E-state index in [2.05, 4.69) is 33.9 Å². The molecule has 1 aliphatic carbocycles.